The second-order valence-electron chi connectivity index (χ2n) is 4.39. The number of carbonyl (C=O) groups excluding carboxylic acids is 1. The zero-order valence-electron chi connectivity index (χ0n) is 11.5. The molecule has 2 aromatic carbocycles. The van der Waals surface area contributed by atoms with E-state index in [4.69, 9.17) is 28.9 Å². The Labute approximate surface area is 150 Å². The van der Waals surface area contributed by atoms with Crippen LogP contribution >= 0.6 is 39.7 Å². The molecule has 2 aromatic rings. The summed E-state index contributed by atoms with van der Waals surface area (Å²) in [6, 6.07) is 11.0. The predicted octanol–water partition coefficient (Wildman–Crippen LogP) is 3.93. The summed E-state index contributed by atoms with van der Waals surface area (Å²) < 4.78 is 0.608. The molecule has 8 heteroatoms. The van der Waals surface area contributed by atoms with E-state index in [0.29, 0.717) is 15.2 Å². The van der Waals surface area contributed by atoms with Crippen LogP contribution in [0.15, 0.2) is 46.9 Å². The molecule has 2 rings (SSSR count). The lowest BCUT2D eigenvalue weighted by atomic mass is 10.2. The maximum Gasteiger partial charge on any atom is 0.335 e. The van der Waals surface area contributed by atoms with Crippen molar-refractivity contribution in [2.75, 3.05) is 5.32 Å². The minimum absolute atomic E-state index is 0.0261. The molecule has 118 valence electrons. The first-order valence-electron chi connectivity index (χ1n) is 6.28. The first kappa shape index (κ1) is 17.4. The summed E-state index contributed by atoms with van der Waals surface area (Å²) in [6.45, 7) is 0. The van der Waals surface area contributed by atoms with Crippen molar-refractivity contribution in [2.24, 2.45) is 0 Å². The topological polar surface area (TPSA) is 78.4 Å². The van der Waals surface area contributed by atoms with Gasteiger partial charge in [0.15, 0.2) is 5.11 Å². The van der Waals surface area contributed by atoms with Crippen LogP contribution in [0, 0.1) is 0 Å². The summed E-state index contributed by atoms with van der Waals surface area (Å²) >= 11 is 14.3. The third kappa shape index (κ3) is 4.51. The van der Waals surface area contributed by atoms with Gasteiger partial charge in [0.1, 0.15) is 0 Å². The Morgan fingerprint density at radius 2 is 1.87 bits per heavy atom. The molecule has 0 aliphatic rings. The van der Waals surface area contributed by atoms with Crippen molar-refractivity contribution in [3.05, 3.63) is 63.1 Å². The summed E-state index contributed by atoms with van der Waals surface area (Å²) in [5, 5.41) is 14.6. The molecule has 3 N–H and O–H groups in total. The van der Waals surface area contributed by atoms with Crippen molar-refractivity contribution < 1.29 is 14.7 Å². The number of nitrogens with one attached hydrogen (secondary N) is 2. The van der Waals surface area contributed by atoms with E-state index in [1.807, 2.05) is 0 Å². The molecule has 0 atom stereocenters. The average molecular weight is 414 g/mol. The minimum atomic E-state index is -1.06. The van der Waals surface area contributed by atoms with Crippen molar-refractivity contribution in [2.45, 2.75) is 0 Å². The van der Waals surface area contributed by atoms with E-state index in [0.717, 1.165) is 0 Å². The van der Waals surface area contributed by atoms with Gasteiger partial charge in [-0.15, -0.1) is 0 Å². The third-order valence-electron chi connectivity index (χ3n) is 2.81. The number of carboxylic acids is 1. The van der Waals surface area contributed by atoms with Crippen molar-refractivity contribution in [3.63, 3.8) is 0 Å². The van der Waals surface area contributed by atoms with Gasteiger partial charge < -0.3 is 10.4 Å². The van der Waals surface area contributed by atoms with Gasteiger partial charge in [0, 0.05) is 4.47 Å². The van der Waals surface area contributed by atoms with Gasteiger partial charge in [0.05, 0.1) is 21.8 Å². The molecule has 0 radical (unpaired) electrons. The van der Waals surface area contributed by atoms with Crippen LogP contribution in [-0.4, -0.2) is 22.1 Å². The molecule has 0 saturated heterocycles. The van der Waals surface area contributed by atoms with Crippen molar-refractivity contribution in [1.29, 1.82) is 0 Å². The number of thiocarbonyl (C=S) groups is 1. The maximum absolute atomic E-state index is 12.1. The van der Waals surface area contributed by atoms with Crippen molar-refractivity contribution in [3.8, 4) is 0 Å². The number of carbonyl (C=O) groups is 2. The van der Waals surface area contributed by atoms with Crippen LogP contribution in [-0.2, 0) is 0 Å². The van der Waals surface area contributed by atoms with E-state index in [1.54, 1.807) is 30.3 Å². The SMILES string of the molecule is O=C(O)c1ccc(Br)c(NC(=S)NC(=O)c2ccccc2Cl)c1. The van der Waals surface area contributed by atoms with Crippen LogP contribution in [0.4, 0.5) is 5.69 Å². The predicted molar refractivity (Wildman–Crippen MR) is 96.2 cm³/mol. The number of hydrogen-bond donors (Lipinski definition) is 3. The fraction of sp³-hybridized carbons (Fsp3) is 0. The quantitative estimate of drug-likeness (QED) is 0.665. The fourth-order valence-corrected chi connectivity index (χ4v) is 2.49. The van der Waals surface area contributed by atoms with Crippen LogP contribution in [0.3, 0.4) is 0 Å². The molecule has 0 bridgehead atoms. The summed E-state index contributed by atoms with van der Waals surface area (Å²) in [4.78, 5) is 23.1. The standard InChI is InChI=1S/C15H10BrClN2O3S/c16-10-6-5-8(14(21)22)7-12(10)18-15(23)19-13(20)9-3-1-2-4-11(9)17/h1-7H,(H,21,22)(H2,18,19,20,23). The van der Waals surface area contributed by atoms with Gasteiger partial charge in [-0.05, 0) is 58.5 Å². The summed E-state index contributed by atoms with van der Waals surface area (Å²) in [7, 11) is 0. The Balaban J connectivity index is 2.11. The Kier molecular flexibility index (Phi) is 5.70. The van der Waals surface area contributed by atoms with Gasteiger partial charge >= 0.3 is 5.97 Å². The highest BCUT2D eigenvalue weighted by Gasteiger charge is 2.13. The summed E-state index contributed by atoms with van der Waals surface area (Å²) in [5.41, 5.74) is 0.807. The Hall–Kier alpha value is -1.96. The molecule has 0 spiro atoms. The zero-order chi connectivity index (χ0) is 17.0. The number of carboxylic acid groups (broad SMARTS) is 1. The lowest BCUT2D eigenvalue weighted by molar-refractivity contribution is 0.0696. The molecular weight excluding hydrogens is 404 g/mol. The first-order valence-corrected chi connectivity index (χ1v) is 7.86. The molecule has 1 amide bonds. The lowest BCUT2D eigenvalue weighted by Crippen LogP contribution is -2.34. The highest BCUT2D eigenvalue weighted by molar-refractivity contribution is 9.10. The van der Waals surface area contributed by atoms with Crippen molar-refractivity contribution in [1.82, 2.24) is 5.32 Å². The normalized spacial score (nSPS) is 10.0. The van der Waals surface area contributed by atoms with E-state index in [1.165, 1.54) is 12.1 Å². The van der Waals surface area contributed by atoms with Crippen molar-refractivity contribution >= 4 is 62.4 Å². The number of halogens is 2. The third-order valence-corrected chi connectivity index (χ3v) is 4.03. The van der Waals surface area contributed by atoms with E-state index in [9.17, 15) is 9.59 Å². The molecular formula is C15H10BrClN2O3S. The van der Waals surface area contributed by atoms with E-state index in [-0.39, 0.29) is 16.2 Å². The summed E-state index contributed by atoms with van der Waals surface area (Å²) in [6.07, 6.45) is 0. The summed E-state index contributed by atoms with van der Waals surface area (Å²) in [5.74, 6) is -1.52. The Morgan fingerprint density at radius 3 is 2.52 bits per heavy atom. The highest BCUT2D eigenvalue weighted by Crippen LogP contribution is 2.23. The van der Waals surface area contributed by atoms with Gasteiger partial charge in [0.25, 0.3) is 5.91 Å². The lowest BCUT2D eigenvalue weighted by Gasteiger charge is -2.12. The number of aromatic carboxylic acids is 1. The second-order valence-corrected chi connectivity index (χ2v) is 6.06. The van der Waals surface area contributed by atoms with Crippen LogP contribution < -0.4 is 10.6 Å². The maximum atomic E-state index is 12.1. The van der Waals surface area contributed by atoms with E-state index >= 15 is 0 Å². The molecule has 0 aromatic heterocycles. The monoisotopic (exact) mass is 412 g/mol. The molecule has 0 fully saturated rings. The Bertz CT molecular complexity index is 798. The second kappa shape index (κ2) is 7.54. The van der Waals surface area contributed by atoms with Crippen LogP contribution in [0.5, 0.6) is 0 Å². The largest absolute Gasteiger partial charge is 0.478 e. The number of benzene rings is 2. The number of anilines is 1. The fourth-order valence-electron chi connectivity index (χ4n) is 1.72. The van der Waals surface area contributed by atoms with Gasteiger partial charge in [-0.25, -0.2) is 4.79 Å². The molecule has 0 heterocycles. The van der Waals surface area contributed by atoms with Gasteiger partial charge in [-0.2, -0.15) is 0 Å². The van der Waals surface area contributed by atoms with Gasteiger partial charge in [0.2, 0.25) is 0 Å². The molecule has 0 aliphatic carbocycles. The van der Waals surface area contributed by atoms with Crippen LogP contribution in [0.2, 0.25) is 5.02 Å². The minimum Gasteiger partial charge on any atom is -0.478 e. The van der Waals surface area contributed by atoms with E-state index < -0.39 is 11.9 Å². The molecule has 0 saturated carbocycles. The smallest absolute Gasteiger partial charge is 0.335 e. The van der Waals surface area contributed by atoms with Gasteiger partial charge in [-0.3, -0.25) is 10.1 Å². The number of rotatable bonds is 3. The molecule has 0 unspecified atom stereocenters. The molecule has 5 nitrogen and oxygen atoms in total. The van der Waals surface area contributed by atoms with Crippen LogP contribution in [0.25, 0.3) is 0 Å². The Morgan fingerprint density at radius 1 is 1.17 bits per heavy atom. The highest BCUT2D eigenvalue weighted by atomic mass is 79.9. The van der Waals surface area contributed by atoms with Gasteiger partial charge in [-0.1, -0.05) is 23.7 Å². The molecule has 23 heavy (non-hydrogen) atoms. The first-order chi connectivity index (χ1) is 10.9. The molecule has 0 aliphatic heterocycles. The van der Waals surface area contributed by atoms with Crippen LogP contribution in [0.1, 0.15) is 20.7 Å². The average Bonchev–Trinajstić information content (AvgIpc) is 2.49. The number of amides is 1. The number of hydrogen-bond acceptors (Lipinski definition) is 3. The van der Waals surface area contributed by atoms with E-state index in [2.05, 4.69) is 26.6 Å². The zero-order valence-corrected chi connectivity index (χ0v) is 14.6.